The summed E-state index contributed by atoms with van der Waals surface area (Å²) in [7, 11) is 0. The van der Waals surface area contributed by atoms with Gasteiger partial charge in [0.25, 0.3) is 5.91 Å². The molecule has 1 aromatic carbocycles. The highest BCUT2D eigenvalue weighted by Gasteiger charge is 2.08. The number of nitrogens with two attached hydrogens (primary N) is 1. The van der Waals surface area contributed by atoms with E-state index in [1.807, 2.05) is 0 Å². The number of benzene rings is 1. The minimum absolute atomic E-state index is 0.00873. The van der Waals surface area contributed by atoms with E-state index in [4.69, 9.17) is 22.1 Å². The van der Waals surface area contributed by atoms with E-state index in [1.54, 1.807) is 12.1 Å². The second-order valence-corrected chi connectivity index (χ2v) is 3.99. The minimum Gasteiger partial charge on any atom is -0.492 e. The Morgan fingerprint density at radius 2 is 2.28 bits per heavy atom. The van der Waals surface area contributed by atoms with Gasteiger partial charge in [-0.05, 0) is 31.2 Å². The number of carbonyl (C=O) groups excluding carboxylic acids is 1. The van der Waals surface area contributed by atoms with Crippen LogP contribution in [0.1, 0.15) is 16.8 Å². The number of hydrogen-bond acceptors (Lipinski definition) is 3. The van der Waals surface area contributed by atoms with Crippen molar-refractivity contribution >= 4 is 17.5 Å². The lowest BCUT2D eigenvalue weighted by Crippen LogP contribution is -2.25. The van der Waals surface area contributed by atoms with E-state index in [0.717, 1.165) is 6.42 Å². The molecule has 1 rings (SSSR count). The van der Waals surface area contributed by atoms with Crippen molar-refractivity contribution in [1.82, 2.24) is 5.32 Å². The predicted octanol–water partition coefficient (Wildman–Crippen LogP) is 1.77. The Labute approximate surface area is 110 Å². The second-order valence-electron chi connectivity index (χ2n) is 3.58. The van der Waals surface area contributed by atoms with E-state index < -0.39 is 6.67 Å². The third-order valence-electron chi connectivity index (χ3n) is 2.18. The molecule has 4 nitrogen and oxygen atoms in total. The molecule has 18 heavy (non-hydrogen) atoms. The van der Waals surface area contributed by atoms with Gasteiger partial charge in [0.1, 0.15) is 12.4 Å². The first kappa shape index (κ1) is 14.7. The van der Waals surface area contributed by atoms with Crippen molar-refractivity contribution in [3.8, 4) is 5.75 Å². The summed E-state index contributed by atoms with van der Waals surface area (Å²) >= 11 is 5.98. The van der Waals surface area contributed by atoms with Gasteiger partial charge >= 0.3 is 0 Å². The summed E-state index contributed by atoms with van der Waals surface area (Å²) in [4.78, 5) is 11.5. The van der Waals surface area contributed by atoms with Crippen molar-refractivity contribution in [3.63, 3.8) is 0 Å². The predicted molar refractivity (Wildman–Crippen MR) is 68.9 cm³/mol. The molecular formula is C12H16ClFN2O2. The molecule has 0 aliphatic carbocycles. The Balaban J connectivity index is 2.63. The third kappa shape index (κ3) is 4.50. The first-order valence-electron chi connectivity index (χ1n) is 5.65. The molecule has 1 amide bonds. The SMILES string of the molecule is NCCCOc1ccc(C(=O)NCCF)cc1Cl. The molecule has 0 aliphatic heterocycles. The van der Waals surface area contributed by atoms with Gasteiger partial charge in [-0.2, -0.15) is 0 Å². The van der Waals surface area contributed by atoms with Crippen LogP contribution in [0.25, 0.3) is 0 Å². The van der Waals surface area contributed by atoms with E-state index in [0.29, 0.717) is 29.5 Å². The Bertz CT molecular complexity index is 402. The normalized spacial score (nSPS) is 10.2. The number of carbonyl (C=O) groups is 1. The highest BCUT2D eigenvalue weighted by atomic mass is 35.5. The Kier molecular flexibility index (Phi) is 6.46. The summed E-state index contributed by atoms with van der Waals surface area (Å²) in [6.45, 7) is 0.413. The molecule has 0 unspecified atom stereocenters. The van der Waals surface area contributed by atoms with Crippen LogP contribution in [0.2, 0.25) is 5.02 Å². The molecule has 1 aromatic rings. The third-order valence-corrected chi connectivity index (χ3v) is 2.48. The Morgan fingerprint density at radius 1 is 1.50 bits per heavy atom. The number of ether oxygens (including phenoxy) is 1. The monoisotopic (exact) mass is 274 g/mol. The van der Waals surface area contributed by atoms with E-state index in [2.05, 4.69) is 5.32 Å². The number of alkyl halides is 1. The highest BCUT2D eigenvalue weighted by molar-refractivity contribution is 6.32. The molecule has 0 aromatic heterocycles. The van der Waals surface area contributed by atoms with Crippen molar-refractivity contribution in [2.75, 3.05) is 26.4 Å². The summed E-state index contributed by atoms with van der Waals surface area (Å²) in [6.07, 6.45) is 0.731. The fourth-order valence-corrected chi connectivity index (χ4v) is 1.52. The zero-order chi connectivity index (χ0) is 13.4. The van der Waals surface area contributed by atoms with Crippen LogP contribution in [0.3, 0.4) is 0 Å². The number of halogens is 2. The fraction of sp³-hybridized carbons (Fsp3) is 0.417. The van der Waals surface area contributed by atoms with Crippen LogP contribution >= 0.6 is 11.6 Å². The minimum atomic E-state index is -0.597. The Hall–Kier alpha value is -1.33. The number of amides is 1. The molecular weight excluding hydrogens is 259 g/mol. The highest BCUT2D eigenvalue weighted by Crippen LogP contribution is 2.25. The lowest BCUT2D eigenvalue weighted by molar-refractivity contribution is 0.0951. The molecule has 0 bridgehead atoms. The average molecular weight is 275 g/mol. The van der Waals surface area contributed by atoms with Gasteiger partial charge in [-0.1, -0.05) is 11.6 Å². The van der Waals surface area contributed by atoms with Crippen molar-refractivity contribution in [1.29, 1.82) is 0 Å². The zero-order valence-electron chi connectivity index (χ0n) is 9.92. The molecule has 0 saturated heterocycles. The van der Waals surface area contributed by atoms with Crippen molar-refractivity contribution < 1.29 is 13.9 Å². The zero-order valence-corrected chi connectivity index (χ0v) is 10.7. The maximum Gasteiger partial charge on any atom is 0.251 e. The average Bonchev–Trinajstić information content (AvgIpc) is 2.38. The van der Waals surface area contributed by atoms with Gasteiger partial charge in [-0.25, -0.2) is 4.39 Å². The maximum absolute atomic E-state index is 11.9. The quantitative estimate of drug-likeness (QED) is 0.745. The molecule has 0 saturated carbocycles. The van der Waals surface area contributed by atoms with E-state index in [9.17, 15) is 9.18 Å². The van der Waals surface area contributed by atoms with Gasteiger partial charge < -0.3 is 15.8 Å². The molecule has 0 aliphatic rings. The first-order valence-corrected chi connectivity index (χ1v) is 6.03. The standard InChI is InChI=1S/C12H16ClFN2O2/c13-10-8-9(12(17)16-6-4-14)2-3-11(10)18-7-1-5-15/h2-3,8H,1,4-7,15H2,(H,16,17). The molecule has 3 N–H and O–H groups in total. The molecule has 0 atom stereocenters. The summed E-state index contributed by atoms with van der Waals surface area (Å²) in [5.41, 5.74) is 5.72. The molecule has 0 radical (unpaired) electrons. The summed E-state index contributed by atoms with van der Waals surface area (Å²) in [5.74, 6) is 0.148. The molecule has 6 heteroatoms. The molecule has 0 heterocycles. The van der Waals surface area contributed by atoms with Gasteiger partial charge in [-0.15, -0.1) is 0 Å². The second kappa shape index (κ2) is 7.89. The van der Waals surface area contributed by atoms with Crippen LogP contribution in [0.4, 0.5) is 4.39 Å². The summed E-state index contributed by atoms with van der Waals surface area (Å²) < 4.78 is 17.3. The lowest BCUT2D eigenvalue weighted by Gasteiger charge is -2.09. The first-order chi connectivity index (χ1) is 8.69. The van der Waals surface area contributed by atoms with Gasteiger partial charge in [0.05, 0.1) is 11.6 Å². The van der Waals surface area contributed by atoms with Crippen molar-refractivity contribution in [3.05, 3.63) is 28.8 Å². The van der Waals surface area contributed by atoms with E-state index >= 15 is 0 Å². The van der Waals surface area contributed by atoms with Crippen LogP contribution in [-0.2, 0) is 0 Å². The van der Waals surface area contributed by atoms with E-state index in [-0.39, 0.29) is 12.5 Å². The smallest absolute Gasteiger partial charge is 0.251 e. The van der Waals surface area contributed by atoms with Crippen LogP contribution in [0.5, 0.6) is 5.75 Å². The lowest BCUT2D eigenvalue weighted by atomic mass is 10.2. The maximum atomic E-state index is 11.9. The van der Waals surface area contributed by atoms with Gasteiger partial charge in [0, 0.05) is 12.1 Å². The summed E-state index contributed by atoms with van der Waals surface area (Å²) in [5, 5.41) is 2.76. The van der Waals surface area contributed by atoms with Gasteiger partial charge in [-0.3, -0.25) is 4.79 Å². The van der Waals surface area contributed by atoms with Crippen LogP contribution in [0.15, 0.2) is 18.2 Å². The van der Waals surface area contributed by atoms with E-state index in [1.165, 1.54) is 6.07 Å². The van der Waals surface area contributed by atoms with Crippen LogP contribution < -0.4 is 15.8 Å². The molecule has 0 fully saturated rings. The van der Waals surface area contributed by atoms with Gasteiger partial charge in [0.15, 0.2) is 0 Å². The topological polar surface area (TPSA) is 64.3 Å². The number of nitrogens with one attached hydrogen (secondary N) is 1. The van der Waals surface area contributed by atoms with Crippen molar-refractivity contribution in [2.24, 2.45) is 5.73 Å². The van der Waals surface area contributed by atoms with Gasteiger partial charge in [0.2, 0.25) is 0 Å². The molecule has 100 valence electrons. The largest absolute Gasteiger partial charge is 0.492 e. The van der Waals surface area contributed by atoms with Crippen LogP contribution in [0, 0.1) is 0 Å². The Morgan fingerprint density at radius 3 is 2.89 bits per heavy atom. The van der Waals surface area contributed by atoms with Crippen molar-refractivity contribution in [2.45, 2.75) is 6.42 Å². The summed E-state index contributed by atoms with van der Waals surface area (Å²) in [6, 6.07) is 4.69. The van der Waals surface area contributed by atoms with Crippen LogP contribution in [-0.4, -0.2) is 32.3 Å². The molecule has 0 spiro atoms. The number of hydrogen-bond donors (Lipinski definition) is 2. The fourth-order valence-electron chi connectivity index (χ4n) is 1.29. The number of rotatable bonds is 7.